The number of benzene rings is 6. The van der Waals surface area contributed by atoms with Crippen LogP contribution in [-0.4, -0.2) is 15.9 Å². The number of rotatable bonds is 5. The average Bonchev–Trinajstić information content (AvgIpc) is 3.63. The van der Waals surface area contributed by atoms with Crippen molar-refractivity contribution < 1.29 is 0 Å². The highest BCUT2D eigenvalue weighted by molar-refractivity contribution is 6.11. The molecule has 6 aromatic carbocycles. The summed E-state index contributed by atoms with van der Waals surface area (Å²) in [5.74, 6) is 0. The number of hydrogen-bond donors (Lipinski definition) is 0. The molecule has 0 amide bonds. The van der Waals surface area contributed by atoms with Crippen LogP contribution in [0.25, 0.3) is 55.0 Å². The Balaban J connectivity index is 1.13. The zero-order valence-corrected chi connectivity index (χ0v) is 25.1. The van der Waals surface area contributed by atoms with E-state index in [9.17, 15) is 15.8 Å². The normalized spacial score (nSPS) is 11.1. The van der Waals surface area contributed by atoms with Crippen LogP contribution in [0.1, 0.15) is 27.8 Å². The van der Waals surface area contributed by atoms with Crippen molar-refractivity contribution in [3.63, 3.8) is 0 Å². The zero-order chi connectivity index (χ0) is 32.1. The summed E-state index contributed by atoms with van der Waals surface area (Å²) in [6.45, 7) is 3.68. The molecule has 47 heavy (non-hydrogen) atoms. The van der Waals surface area contributed by atoms with E-state index in [-0.39, 0.29) is 0 Å². The lowest BCUT2D eigenvalue weighted by Crippen LogP contribution is -1.96. The maximum atomic E-state index is 9.52. The van der Waals surface area contributed by atoms with E-state index in [2.05, 4.69) is 93.6 Å². The Labute approximate surface area is 270 Å². The molecule has 0 aliphatic carbocycles. The first-order valence-electron chi connectivity index (χ1n) is 15.1. The summed E-state index contributed by atoms with van der Waals surface area (Å²) in [5, 5.41) is 32.5. The maximum absolute atomic E-state index is 9.52. The van der Waals surface area contributed by atoms with Gasteiger partial charge in [0.05, 0.1) is 62.7 Å². The van der Waals surface area contributed by atoms with Gasteiger partial charge in [-0.3, -0.25) is 4.99 Å². The first kappa shape index (κ1) is 27.6. The summed E-state index contributed by atoms with van der Waals surface area (Å²) in [6, 6.07) is 47.1. The predicted molar refractivity (Wildman–Crippen MR) is 188 cm³/mol. The van der Waals surface area contributed by atoms with Crippen LogP contribution >= 0.6 is 0 Å². The van der Waals surface area contributed by atoms with Crippen molar-refractivity contribution in [2.45, 2.75) is 6.42 Å². The van der Waals surface area contributed by atoms with Gasteiger partial charge in [0.25, 0.3) is 0 Å². The highest BCUT2D eigenvalue weighted by Gasteiger charge is 2.15. The van der Waals surface area contributed by atoms with E-state index in [1.54, 1.807) is 0 Å². The second-order valence-electron chi connectivity index (χ2n) is 11.6. The molecule has 0 N–H and O–H groups in total. The van der Waals surface area contributed by atoms with Gasteiger partial charge in [0.1, 0.15) is 0 Å². The third kappa shape index (κ3) is 4.51. The molecule has 0 radical (unpaired) electrons. The molecule has 0 spiro atoms. The second-order valence-corrected chi connectivity index (χ2v) is 11.6. The van der Waals surface area contributed by atoms with E-state index in [4.69, 9.17) is 0 Å². The first-order chi connectivity index (χ1) is 23.1. The van der Waals surface area contributed by atoms with Crippen molar-refractivity contribution in [1.82, 2.24) is 9.13 Å². The van der Waals surface area contributed by atoms with Gasteiger partial charge in [-0.1, -0.05) is 24.3 Å². The molecule has 6 heteroatoms. The third-order valence-electron chi connectivity index (χ3n) is 8.88. The number of nitrogens with zero attached hydrogens (tertiary/aromatic N) is 6. The molecule has 0 saturated heterocycles. The van der Waals surface area contributed by atoms with Crippen LogP contribution in [0, 0.1) is 34.0 Å². The molecule has 0 saturated carbocycles. The van der Waals surface area contributed by atoms with Crippen LogP contribution in [0.3, 0.4) is 0 Å². The first-order valence-corrected chi connectivity index (χ1v) is 15.1. The van der Waals surface area contributed by atoms with Crippen molar-refractivity contribution in [3.8, 4) is 29.6 Å². The van der Waals surface area contributed by atoms with E-state index < -0.39 is 0 Å². The van der Waals surface area contributed by atoms with E-state index in [1.165, 1.54) is 11.1 Å². The summed E-state index contributed by atoms with van der Waals surface area (Å²) < 4.78 is 4.41. The van der Waals surface area contributed by atoms with Crippen LogP contribution in [0.5, 0.6) is 0 Å². The van der Waals surface area contributed by atoms with Crippen molar-refractivity contribution in [1.29, 1.82) is 15.8 Å². The molecule has 8 aromatic rings. The molecular formula is C41H24N6. The summed E-state index contributed by atoms with van der Waals surface area (Å²) in [6.07, 6.45) is 0.776. The number of aromatic nitrogens is 2. The molecule has 6 nitrogen and oxygen atoms in total. The summed E-state index contributed by atoms with van der Waals surface area (Å²) in [4.78, 5) is 4.12. The molecule has 0 aliphatic rings. The van der Waals surface area contributed by atoms with Gasteiger partial charge in [-0.05, 0) is 121 Å². The largest absolute Gasteiger partial charge is 0.309 e. The minimum absolute atomic E-state index is 0.589. The van der Waals surface area contributed by atoms with Gasteiger partial charge in [-0.15, -0.1) is 0 Å². The van der Waals surface area contributed by atoms with E-state index >= 15 is 0 Å². The number of nitriles is 3. The Kier molecular flexibility index (Phi) is 6.40. The standard InChI is InChI=1S/C41H24N6/c1-45-31-9-17-41-37(22-31)36-21-30(25-44)8-16-40(36)47(41)33-12-4-27(5-13-33)18-26-2-10-32(11-3-26)46-38-14-6-28(23-42)19-34(38)35-20-29(24-43)7-15-39(35)46/h2-17,19-22H,1,18H2. The van der Waals surface area contributed by atoms with Crippen LogP contribution in [0.2, 0.25) is 0 Å². The fourth-order valence-corrected chi connectivity index (χ4v) is 6.66. The molecule has 2 heterocycles. The van der Waals surface area contributed by atoms with Gasteiger partial charge < -0.3 is 9.13 Å². The van der Waals surface area contributed by atoms with Gasteiger partial charge in [-0.2, -0.15) is 15.8 Å². The minimum atomic E-state index is 0.589. The lowest BCUT2D eigenvalue weighted by atomic mass is 10.0. The van der Waals surface area contributed by atoms with Gasteiger partial charge in [-0.25, -0.2) is 0 Å². The van der Waals surface area contributed by atoms with Gasteiger partial charge in [0.15, 0.2) is 0 Å². The molecular weight excluding hydrogens is 576 g/mol. The van der Waals surface area contributed by atoms with Gasteiger partial charge >= 0.3 is 0 Å². The molecule has 0 fully saturated rings. The number of hydrogen-bond acceptors (Lipinski definition) is 4. The lowest BCUT2D eigenvalue weighted by Gasteiger charge is -2.11. The van der Waals surface area contributed by atoms with Crippen molar-refractivity contribution in [3.05, 3.63) is 149 Å². The van der Waals surface area contributed by atoms with Crippen LogP contribution in [0.15, 0.2) is 126 Å². The Morgan fingerprint density at radius 3 is 1.19 bits per heavy atom. The van der Waals surface area contributed by atoms with Crippen LogP contribution in [0.4, 0.5) is 5.69 Å². The lowest BCUT2D eigenvalue weighted by molar-refractivity contribution is 1.13. The summed E-state index contributed by atoms with van der Waals surface area (Å²) >= 11 is 0. The highest BCUT2D eigenvalue weighted by Crippen LogP contribution is 2.36. The van der Waals surface area contributed by atoms with Crippen molar-refractivity contribution in [2.24, 2.45) is 4.99 Å². The predicted octanol–water partition coefficient (Wildman–Crippen LogP) is 9.42. The molecule has 8 rings (SSSR count). The summed E-state index contributed by atoms with van der Waals surface area (Å²) in [7, 11) is 0. The second kappa shape index (κ2) is 10.9. The fourth-order valence-electron chi connectivity index (χ4n) is 6.66. The Morgan fingerprint density at radius 2 is 0.830 bits per heavy atom. The van der Waals surface area contributed by atoms with Gasteiger partial charge in [0.2, 0.25) is 0 Å². The van der Waals surface area contributed by atoms with Gasteiger partial charge in [0, 0.05) is 32.9 Å². The Bertz CT molecular complexity index is 2620. The van der Waals surface area contributed by atoms with Crippen LogP contribution in [-0.2, 0) is 6.42 Å². The molecule has 218 valence electrons. The quantitative estimate of drug-likeness (QED) is 0.184. The molecule has 0 aliphatic heterocycles. The molecule has 2 aromatic heterocycles. The van der Waals surface area contributed by atoms with Crippen molar-refractivity contribution in [2.75, 3.05) is 0 Å². The Morgan fingerprint density at radius 1 is 0.468 bits per heavy atom. The van der Waals surface area contributed by atoms with E-state index in [0.29, 0.717) is 16.7 Å². The SMILES string of the molecule is C=Nc1ccc2c(c1)c1cc(C#N)ccc1n2-c1ccc(Cc2ccc(-n3c4ccc(C#N)cc4c4cc(C#N)ccc43)cc2)cc1. The van der Waals surface area contributed by atoms with E-state index in [0.717, 1.165) is 67.1 Å². The monoisotopic (exact) mass is 600 g/mol. The Hall–Kier alpha value is -6.94. The molecule has 0 unspecified atom stereocenters. The zero-order valence-electron chi connectivity index (χ0n) is 25.1. The fraction of sp³-hybridized carbons (Fsp3) is 0.0244. The van der Waals surface area contributed by atoms with E-state index in [1.807, 2.05) is 66.7 Å². The third-order valence-corrected chi connectivity index (χ3v) is 8.88. The van der Waals surface area contributed by atoms with Crippen LogP contribution < -0.4 is 0 Å². The topological polar surface area (TPSA) is 93.6 Å². The smallest absolute Gasteiger partial charge is 0.0991 e. The average molecular weight is 601 g/mol. The number of aliphatic imine (C=N–C) groups is 1. The minimum Gasteiger partial charge on any atom is -0.309 e. The molecule has 0 bridgehead atoms. The number of fused-ring (bicyclic) bond motifs is 6. The molecule has 0 atom stereocenters. The highest BCUT2D eigenvalue weighted by atomic mass is 15.0. The maximum Gasteiger partial charge on any atom is 0.0991 e. The summed E-state index contributed by atoms with van der Waals surface area (Å²) in [5.41, 5.74) is 11.1. The van der Waals surface area contributed by atoms with Crippen molar-refractivity contribution >= 4 is 56.0 Å².